The topological polar surface area (TPSA) is 9.23 Å². The lowest BCUT2D eigenvalue weighted by Crippen LogP contribution is -2.13. The van der Waals surface area contributed by atoms with E-state index in [0.29, 0.717) is 0 Å². The van der Waals surface area contributed by atoms with Crippen molar-refractivity contribution in [3.05, 3.63) is 52.5 Å². The highest BCUT2D eigenvalue weighted by Gasteiger charge is 2.21. The third-order valence-corrected chi connectivity index (χ3v) is 3.66. The number of para-hydroxylation sites is 1. The summed E-state index contributed by atoms with van der Waals surface area (Å²) in [5.41, 5.74) is 3.59. The fourth-order valence-corrected chi connectivity index (χ4v) is 2.63. The van der Waals surface area contributed by atoms with Gasteiger partial charge in [0.05, 0.1) is 7.11 Å². The van der Waals surface area contributed by atoms with E-state index in [-0.39, 0.29) is 5.41 Å². The number of halogens is 1. The summed E-state index contributed by atoms with van der Waals surface area (Å²) >= 11 is 3.52. The molecule has 0 aliphatic rings. The van der Waals surface area contributed by atoms with Crippen LogP contribution < -0.4 is 4.74 Å². The van der Waals surface area contributed by atoms with Crippen molar-refractivity contribution in [1.82, 2.24) is 0 Å². The molecular formula is C17H19BrO. The molecule has 0 aromatic heterocycles. The van der Waals surface area contributed by atoms with E-state index in [2.05, 4.69) is 67.0 Å². The highest BCUT2D eigenvalue weighted by molar-refractivity contribution is 9.10. The van der Waals surface area contributed by atoms with Crippen molar-refractivity contribution >= 4 is 15.9 Å². The van der Waals surface area contributed by atoms with Crippen LogP contribution in [0.1, 0.15) is 26.3 Å². The first kappa shape index (κ1) is 14.1. The van der Waals surface area contributed by atoms with Crippen molar-refractivity contribution < 1.29 is 4.74 Å². The maximum Gasteiger partial charge on any atom is 0.130 e. The molecule has 0 atom stereocenters. The molecule has 2 rings (SSSR count). The molecular weight excluding hydrogens is 300 g/mol. The maximum atomic E-state index is 5.68. The molecule has 0 saturated heterocycles. The lowest BCUT2D eigenvalue weighted by molar-refractivity contribution is 0.399. The SMILES string of the molecule is COc1c(-c2cccc(Br)c2)cccc1C(C)(C)C. The molecule has 2 aromatic rings. The zero-order valence-corrected chi connectivity index (χ0v) is 13.4. The van der Waals surface area contributed by atoms with Crippen LogP contribution in [0.3, 0.4) is 0 Å². The molecule has 0 fully saturated rings. The van der Waals surface area contributed by atoms with Gasteiger partial charge in [0.2, 0.25) is 0 Å². The highest BCUT2D eigenvalue weighted by Crippen LogP contribution is 2.39. The van der Waals surface area contributed by atoms with Crippen LogP contribution in [0, 0.1) is 0 Å². The number of methoxy groups -OCH3 is 1. The number of hydrogen-bond acceptors (Lipinski definition) is 1. The molecule has 0 spiro atoms. The van der Waals surface area contributed by atoms with Gasteiger partial charge in [-0.05, 0) is 23.1 Å². The van der Waals surface area contributed by atoms with Crippen molar-refractivity contribution in [1.29, 1.82) is 0 Å². The molecule has 0 N–H and O–H groups in total. The normalized spacial score (nSPS) is 11.4. The molecule has 0 amide bonds. The predicted molar refractivity (Wildman–Crippen MR) is 84.8 cm³/mol. The minimum atomic E-state index is 0.0629. The zero-order valence-electron chi connectivity index (χ0n) is 11.8. The van der Waals surface area contributed by atoms with E-state index in [1.165, 1.54) is 5.56 Å². The van der Waals surface area contributed by atoms with Crippen LogP contribution in [0.15, 0.2) is 46.9 Å². The van der Waals surface area contributed by atoms with Crippen LogP contribution in [0.25, 0.3) is 11.1 Å². The van der Waals surface area contributed by atoms with Gasteiger partial charge in [0.25, 0.3) is 0 Å². The standard InChI is InChI=1S/C17H19BrO/c1-17(2,3)15-10-6-9-14(16(15)19-4)12-7-5-8-13(18)11-12/h5-11H,1-4H3. The highest BCUT2D eigenvalue weighted by atomic mass is 79.9. The Morgan fingerprint density at radius 1 is 1.00 bits per heavy atom. The second-order valence-electron chi connectivity index (χ2n) is 5.65. The maximum absolute atomic E-state index is 5.68. The van der Waals surface area contributed by atoms with E-state index >= 15 is 0 Å². The third kappa shape index (κ3) is 3.01. The van der Waals surface area contributed by atoms with Gasteiger partial charge in [-0.3, -0.25) is 0 Å². The minimum Gasteiger partial charge on any atom is -0.496 e. The molecule has 0 bridgehead atoms. The summed E-state index contributed by atoms with van der Waals surface area (Å²) in [7, 11) is 1.74. The van der Waals surface area contributed by atoms with Crippen molar-refractivity contribution in [3.8, 4) is 16.9 Å². The summed E-state index contributed by atoms with van der Waals surface area (Å²) in [5, 5.41) is 0. The fourth-order valence-electron chi connectivity index (χ4n) is 2.23. The van der Waals surface area contributed by atoms with Crippen LogP contribution >= 0.6 is 15.9 Å². The van der Waals surface area contributed by atoms with Gasteiger partial charge >= 0.3 is 0 Å². The lowest BCUT2D eigenvalue weighted by atomic mass is 9.84. The molecule has 19 heavy (non-hydrogen) atoms. The molecule has 0 heterocycles. The van der Waals surface area contributed by atoms with E-state index in [4.69, 9.17) is 4.74 Å². The number of rotatable bonds is 2. The molecule has 0 aliphatic heterocycles. The van der Waals surface area contributed by atoms with Gasteiger partial charge < -0.3 is 4.74 Å². The second kappa shape index (κ2) is 5.38. The van der Waals surface area contributed by atoms with Crippen LogP contribution in [0.5, 0.6) is 5.75 Å². The van der Waals surface area contributed by atoms with Crippen LogP contribution in [-0.2, 0) is 5.41 Å². The van der Waals surface area contributed by atoms with Crippen LogP contribution in [0.4, 0.5) is 0 Å². The molecule has 2 aromatic carbocycles. The van der Waals surface area contributed by atoms with Gasteiger partial charge in [0.1, 0.15) is 5.75 Å². The first-order valence-corrected chi connectivity index (χ1v) is 7.16. The Bertz CT molecular complexity index is 582. The Labute approximate surface area is 123 Å². The minimum absolute atomic E-state index is 0.0629. The van der Waals surface area contributed by atoms with Gasteiger partial charge in [-0.15, -0.1) is 0 Å². The summed E-state index contributed by atoms with van der Waals surface area (Å²) in [5.74, 6) is 0.966. The smallest absolute Gasteiger partial charge is 0.130 e. The van der Waals surface area contributed by atoms with Crippen molar-refractivity contribution in [2.75, 3.05) is 7.11 Å². The fraction of sp³-hybridized carbons (Fsp3) is 0.294. The Morgan fingerprint density at radius 3 is 2.26 bits per heavy atom. The van der Waals surface area contributed by atoms with E-state index < -0.39 is 0 Å². The van der Waals surface area contributed by atoms with E-state index in [1.54, 1.807) is 7.11 Å². The number of ether oxygens (including phenoxy) is 1. The molecule has 1 nitrogen and oxygen atoms in total. The van der Waals surface area contributed by atoms with Gasteiger partial charge in [-0.2, -0.15) is 0 Å². The Balaban J connectivity index is 2.65. The molecule has 2 heteroatoms. The Kier molecular flexibility index (Phi) is 4.00. The summed E-state index contributed by atoms with van der Waals surface area (Å²) < 4.78 is 6.76. The average molecular weight is 319 g/mol. The van der Waals surface area contributed by atoms with E-state index in [9.17, 15) is 0 Å². The quantitative estimate of drug-likeness (QED) is 0.718. The van der Waals surface area contributed by atoms with E-state index in [0.717, 1.165) is 21.3 Å². The van der Waals surface area contributed by atoms with Gasteiger partial charge in [0.15, 0.2) is 0 Å². The molecule has 0 saturated carbocycles. The number of benzene rings is 2. The average Bonchev–Trinajstić information content (AvgIpc) is 2.36. The summed E-state index contributed by atoms with van der Waals surface area (Å²) in [6, 6.07) is 14.6. The summed E-state index contributed by atoms with van der Waals surface area (Å²) in [6.07, 6.45) is 0. The van der Waals surface area contributed by atoms with Gasteiger partial charge in [-0.25, -0.2) is 0 Å². The van der Waals surface area contributed by atoms with Gasteiger partial charge in [-0.1, -0.05) is 67.0 Å². The first-order valence-electron chi connectivity index (χ1n) is 6.37. The molecule has 100 valence electrons. The Morgan fingerprint density at radius 2 is 1.68 bits per heavy atom. The van der Waals surface area contributed by atoms with Crippen LogP contribution in [0.2, 0.25) is 0 Å². The Hall–Kier alpha value is -1.28. The van der Waals surface area contributed by atoms with Crippen LogP contribution in [-0.4, -0.2) is 7.11 Å². The summed E-state index contributed by atoms with van der Waals surface area (Å²) in [4.78, 5) is 0. The molecule has 0 unspecified atom stereocenters. The van der Waals surface area contributed by atoms with E-state index in [1.807, 2.05) is 12.1 Å². The molecule has 0 radical (unpaired) electrons. The third-order valence-electron chi connectivity index (χ3n) is 3.16. The van der Waals surface area contributed by atoms with Crippen molar-refractivity contribution in [2.45, 2.75) is 26.2 Å². The monoisotopic (exact) mass is 318 g/mol. The summed E-state index contributed by atoms with van der Waals surface area (Å²) in [6.45, 7) is 6.61. The number of hydrogen-bond donors (Lipinski definition) is 0. The lowest BCUT2D eigenvalue weighted by Gasteiger charge is -2.24. The zero-order chi connectivity index (χ0) is 14.0. The molecule has 0 aliphatic carbocycles. The first-order chi connectivity index (χ1) is 8.93. The second-order valence-corrected chi connectivity index (χ2v) is 6.56. The predicted octanol–water partition coefficient (Wildman–Crippen LogP) is 5.42. The van der Waals surface area contributed by atoms with Crippen molar-refractivity contribution in [3.63, 3.8) is 0 Å². The van der Waals surface area contributed by atoms with Gasteiger partial charge in [0, 0.05) is 15.6 Å². The largest absolute Gasteiger partial charge is 0.496 e. The van der Waals surface area contributed by atoms with Crippen molar-refractivity contribution in [2.24, 2.45) is 0 Å².